The van der Waals surface area contributed by atoms with E-state index in [4.69, 9.17) is 0 Å². The molecule has 2 fully saturated rings. The molecule has 0 bridgehead atoms. The summed E-state index contributed by atoms with van der Waals surface area (Å²) < 4.78 is 71.5. The summed E-state index contributed by atoms with van der Waals surface area (Å²) >= 11 is 0. The number of fused-ring (bicyclic) bond motifs is 4. The third-order valence-electron chi connectivity index (χ3n) is 10.1. The Hall–Kier alpha value is -3.19. The number of carbonyl (C=O) groups excluding carboxylic acids is 2. The van der Waals surface area contributed by atoms with Crippen molar-refractivity contribution in [1.29, 1.82) is 0 Å². The maximum Gasteiger partial charge on any atom is 0.456 e. The SMILES string of the molecule is CC(C)NC(=O)NCC#Cc1ccc([C@H]2C[C@@]3(C)[C@@H](CC[C@@]3(O)C(F)(F)C(F)(F)F)[C@@H]3CCC4=CC(=O)CCC4=C32)cc1. The lowest BCUT2D eigenvalue weighted by atomic mass is 9.50. The summed E-state index contributed by atoms with van der Waals surface area (Å²) in [5.74, 6) is -0.713. The molecule has 0 heterocycles. The van der Waals surface area contributed by atoms with Gasteiger partial charge in [-0.25, -0.2) is 4.79 Å². The van der Waals surface area contributed by atoms with Crippen molar-refractivity contribution in [3.8, 4) is 11.8 Å². The molecule has 4 aliphatic carbocycles. The molecule has 3 N–H and O–H groups in total. The van der Waals surface area contributed by atoms with Gasteiger partial charge in [-0.1, -0.05) is 36.5 Å². The average molecular weight is 605 g/mol. The second-order valence-corrected chi connectivity index (χ2v) is 12.9. The largest absolute Gasteiger partial charge is 0.456 e. The van der Waals surface area contributed by atoms with E-state index in [1.807, 2.05) is 26.0 Å². The molecule has 0 radical (unpaired) electrons. The summed E-state index contributed by atoms with van der Waals surface area (Å²) in [5.41, 5.74) is -0.566. The zero-order valence-electron chi connectivity index (χ0n) is 24.5. The molecule has 1 aromatic carbocycles. The van der Waals surface area contributed by atoms with E-state index in [1.54, 1.807) is 18.2 Å². The van der Waals surface area contributed by atoms with Crippen molar-refractivity contribution in [3.05, 3.63) is 58.2 Å². The fourth-order valence-electron chi connectivity index (χ4n) is 8.10. The van der Waals surface area contributed by atoms with E-state index in [1.165, 1.54) is 6.92 Å². The number of carbonyl (C=O) groups is 2. The Bertz CT molecular complexity index is 1420. The average Bonchev–Trinajstić information content (AvgIpc) is 3.21. The van der Waals surface area contributed by atoms with Crippen LogP contribution >= 0.6 is 0 Å². The predicted octanol–water partition coefficient (Wildman–Crippen LogP) is 6.57. The molecule has 2 saturated carbocycles. The number of alkyl halides is 5. The number of halogens is 5. The zero-order chi connectivity index (χ0) is 31.4. The zero-order valence-corrected chi connectivity index (χ0v) is 24.5. The minimum Gasteiger partial charge on any atom is -0.383 e. The number of amides is 2. The van der Waals surface area contributed by atoms with E-state index in [0.29, 0.717) is 31.2 Å². The fraction of sp³-hybridized carbons (Fsp3) is 0.576. The van der Waals surface area contributed by atoms with Gasteiger partial charge >= 0.3 is 18.1 Å². The van der Waals surface area contributed by atoms with Crippen molar-refractivity contribution < 1.29 is 36.6 Å². The van der Waals surface area contributed by atoms with E-state index in [2.05, 4.69) is 22.5 Å². The highest BCUT2D eigenvalue weighted by Gasteiger charge is 2.79. The Morgan fingerprint density at radius 2 is 1.79 bits per heavy atom. The van der Waals surface area contributed by atoms with Crippen molar-refractivity contribution in [2.45, 2.75) is 95.4 Å². The molecule has 4 aliphatic rings. The molecule has 10 heteroatoms. The predicted molar refractivity (Wildman–Crippen MR) is 151 cm³/mol. The van der Waals surface area contributed by atoms with Crippen LogP contribution in [0.2, 0.25) is 0 Å². The topological polar surface area (TPSA) is 78.4 Å². The van der Waals surface area contributed by atoms with Crippen LogP contribution in [0.25, 0.3) is 0 Å². The van der Waals surface area contributed by atoms with Gasteiger partial charge in [0.25, 0.3) is 0 Å². The van der Waals surface area contributed by atoms with Crippen LogP contribution in [0.15, 0.2) is 47.1 Å². The Morgan fingerprint density at radius 3 is 2.44 bits per heavy atom. The molecule has 43 heavy (non-hydrogen) atoms. The van der Waals surface area contributed by atoms with Gasteiger partial charge in [0, 0.05) is 29.4 Å². The normalized spacial score (nSPS) is 30.5. The minimum atomic E-state index is -5.88. The fourth-order valence-corrected chi connectivity index (χ4v) is 8.10. The lowest BCUT2D eigenvalue weighted by Gasteiger charge is -2.56. The van der Waals surface area contributed by atoms with Crippen molar-refractivity contribution in [1.82, 2.24) is 10.6 Å². The molecule has 5 atom stereocenters. The van der Waals surface area contributed by atoms with Gasteiger partial charge in [-0.2, -0.15) is 22.0 Å². The van der Waals surface area contributed by atoms with Gasteiger partial charge in [0.05, 0.1) is 6.54 Å². The molecule has 0 aliphatic heterocycles. The van der Waals surface area contributed by atoms with Gasteiger partial charge in [-0.05, 0) is 99.1 Å². The van der Waals surface area contributed by atoms with Crippen LogP contribution in [-0.2, 0) is 4.79 Å². The molecular formula is C33H37F5N2O3. The highest BCUT2D eigenvalue weighted by molar-refractivity contribution is 5.93. The number of nitrogens with one attached hydrogen (secondary N) is 2. The second-order valence-electron chi connectivity index (χ2n) is 12.9. The summed E-state index contributed by atoms with van der Waals surface area (Å²) in [6.07, 6.45) is -2.93. The number of hydrogen-bond donors (Lipinski definition) is 3. The van der Waals surface area contributed by atoms with Crippen LogP contribution in [0.5, 0.6) is 0 Å². The van der Waals surface area contributed by atoms with Crippen LogP contribution in [0.4, 0.5) is 26.7 Å². The van der Waals surface area contributed by atoms with Crippen molar-refractivity contribution in [3.63, 3.8) is 0 Å². The molecule has 5 rings (SSSR count). The van der Waals surface area contributed by atoms with Crippen LogP contribution < -0.4 is 10.6 Å². The number of aliphatic hydroxyl groups is 1. The summed E-state index contributed by atoms with van der Waals surface area (Å²) in [6.45, 7) is 5.22. The quantitative estimate of drug-likeness (QED) is 0.269. The molecule has 232 valence electrons. The number of benzene rings is 1. The number of rotatable bonds is 4. The maximum absolute atomic E-state index is 15.1. The van der Waals surface area contributed by atoms with E-state index in [9.17, 15) is 27.9 Å². The molecule has 0 unspecified atom stereocenters. The van der Waals surface area contributed by atoms with Crippen molar-refractivity contribution >= 4 is 11.8 Å². The monoisotopic (exact) mass is 604 g/mol. The van der Waals surface area contributed by atoms with Crippen LogP contribution in [0, 0.1) is 29.1 Å². The van der Waals surface area contributed by atoms with Crippen LogP contribution in [0.1, 0.15) is 82.8 Å². The third-order valence-corrected chi connectivity index (χ3v) is 10.1. The first kappa shape index (κ1) is 31.2. The van der Waals surface area contributed by atoms with Gasteiger partial charge in [-0.15, -0.1) is 0 Å². The number of urea groups is 1. The maximum atomic E-state index is 15.1. The summed E-state index contributed by atoms with van der Waals surface area (Å²) in [5, 5.41) is 16.7. The molecule has 5 nitrogen and oxygen atoms in total. The lowest BCUT2D eigenvalue weighted by molar-refractivity contribution is -0.362. The molecule has 2 amide bonds. The number of ketones is 1. The molecule has 0 spiro atoms. The molecular weight excluding hydrogens is 567 g/mol. The Labute approximate surface area is 248 Å². The Kier molecular flexibility index (Phi) is 8.04. The van der Waals surface area contributed by atoms with E-state index in [-0.39, 0.29) is 43.2 Å². The van der Waals surface area contributed by atoms with Crippen molar-refractivity contribution in [2.24, 2.45) is 17.3 Å². The van der Waals surface area contributed by atoms with E-state index in [0.717, 1.165) is 22.3 Å². The van der Waals surface area contributed by atoms with Crippen LogP contribution in [0.3, 0.4) is 0 Å². The summed E-state index contributed by atoms with van der Waals surface area (Å²) in [4.78, 5) is 24.0. The minimum absolute atomic E-state index is 0.0155. The second kappa shape index (κ2) is 11.1. The van der Waals surface area contributed by atoms with Gasteiger partial charge in [-0.3, -0.25) is 4.79 Å². The molecule has 0 aromatic heterocycles. The Morgan fingerprint density at radius 1 is 1.09 bits per heavy atom. The van der Waals surface area contributed by atoms with Gasteiger partial charge in [0.2, 0.25) is 0 Å². The molecule has 0 saturated heterocycles. The summed E-state index contributed by atoms with van der Waals surface area (Å²) in [6, 6.07) is 6.80. The molecule has 1 aromatic rings. The first-order chi connectivity index (χ1) is 20.1. The first-order valence-corrected chi connectivity index (χ1v) is 14.9. The number of allylic oxidation sites excluding steroid dienone is 4. The highest BCUT2D eigenvalue weighted by atomic mass is 19.4. The van der Waals surface area contributed by atoms with E-state index < -0.39 is 41.4 Å². The van der Waals surface area contributed by atoms with Gasteiger partial charge < -0.3 is 15.7 Å². The van der Waals surface area contributed by atoms with Gasteiger partial charge in [0.1, 0.15) is 5.60 Å². The van der Waals surface area contributed by atoms with Crippen LogP contribution in [-0.4, -0.2) is 47.2 Å². The van der Waals surface area contributed by atoms with Gasteiger partial charge in [0.15, 0.2) is 5.78 Å². The standard InChI is InChI=1S/C33H37F5N2O3/c1-19(2)40-29(42)39-16-4-5-20-6-8-21(9-7-20)26-18-30(3)27(14-15-31(30,43)32(34,35)33(36,37)38)25-12-10-22-17-23(41)11-13-24(22)28(25)26/h6-9,17,19,25-27,43H,10-16,18H2,1-3H3,(H2,39,40,42)/t25-,26+,27-,30-,31-/m0/s1. The highest BCUT2D eigenvalue weighted by Crippen LogP contribution is 2.70. The number of hydrogen-bond acceptors (Lipinski definition) is 3. The first-order valence-electron chi connectivity index (χ1n) is 14.9. The third kappa shape index (κ3) is 5.28. The summed E-state index contributed by atoms with van der Waals surface area (Å²) in [7, 11) is 0. The van der Waals surface area contributed by atoms with Crippen molar-refractivity contribution in [2.75, 3.05) is 6.54 Å². The smallest absolute Gasteiger partial charge is 0.383 e. The lowest BCUT2D eigenvalue weighted by Crippen LogP contribution is -2.65. The van der Waals surface area contributed by atoms with E-state index >= 15 is 8.78 Å². The Balaban J connectivity index is 1.51.